The highest BCUT2D eigenvalue weighted by Gasteiger charge is 2.12. The molecule has 2 rings (SSSR count). The minimum Gasteiger partial charge on any atom is -0.456 e. The van der Waals surface area contributed by atoms with Crippen LogP contribution in [0.25, 0.3) is 0 Å². The van der Waals surface area contributed by atoms with E-state index in [1.807, 2.05) is 19.9 Å². The van der Waals surface area contributed by atoms with Gasteiger partial charge in [-0.05, 0) is 71.6 Å². The van der Waals surface area contributed by atoms with Gasteiger partial charge in [0.1, 0.15) is 0 Å². The minimum absolute atomic E-state index is 0.0263. The Morgan fingerprint density at radius 2 is 1.67 bits per heavy atom. The number of nitrogens with one attached hydrogen (secondary N) is 2. The largest absolute Gasteiger partial charge is 0.456 e. The molecular formula is C21H21BrCl2N2O4. The van der Waals surface area contributed by atoms with Crippen LogP contribution in [0.1, 0.15) is 30.4 Å². The summed E-state index contributed by atoms with van der Waals surface area (Å²) in [6, 6.07) is 8.62. The third kappa shape index (κ3) is 7.63. The summed E-state index contributed by atoms with van der Waals surface area (Å²) in [5.74, 6) is -1.26. The Balaban J connectivity index is 1.69. The molecule has 0 fully saturated rings. The maximum atomic E-state index is 12.0. The molecule has 2 N–H and O–H groups in total. The van der Waals surface area contributed by atoms with Crippen LogP contribution in [0.3, 0.4) is 0 Å². The predicted octanol–water partition coefficient (Wildman–Crippen LogP) is 5.66. The molecule has 2 aromatic rings. The van der Waals surface area contributed by atoms with Crippen LogP contribution in [0, 0.1) is 13.8 Å². The second-order valence-electron chi connectivity index (χ2n) is 6.66. The number of amides is 2. The molecule has 2 amide bonds. The van der Waals surface area contributed by atoms with Gasteiger partial charge >= 0.3 is 5.97 Å². The maximum absolute atomic E-state index is 12.0. The van der Waals surface area contributed by atoms with Gasteiger partial charge in [-0.25, -0.2) is 0 Å². The Morgan fingerprint density at radius 3 is 2.37 bits per heavy atom. The summed E-state index contributed by atoms with van der Waals surface area (Å²) in [5.41, 5.74) is 2.86. The normalized spacial score (nSPS) is 10.4. The lowest BCUT2D eigenvalue weighted by molar-refractivity contribution is -0.147. The molecular weight excluding hydrogens is 495 g/mol. The van der Waals surface area contributed by atoms with Crippen LogP contribution < -0.4 is 10.6 Å². The summed E-state index contributed by atoms with van der Waals surface area (Å²) in [7, 11) is 0. The molecule has 6 nitrogen and oxygen atoms in total. The topological polar surface area (TPSA) is 84.5 Å². The molecule has 0 unspecified atom stereocenters. The fourth-order valence-electron chi connectivity index (χ4n) is 2.47. The van der Waals surface area contributed by atoms with Crippen LogP contribution in [0.4, 0.5) is 11.4 Å². The summed E-state index contributed by atoms with van der Waals surface area (Å²) in [4.78, 5) is 35.8. The van der Waals surface area contributed by atoms with Crippen molar-refractivity contribution in [2.24, 2.45) is 0 Å². The first kappa shape index (κ1) is 24.2. The van der Waals surface area contributed by atoms with E-state index in [0.717, 1.165) is 15.6 Å². The van der Waals surface area contributed by atoms with E-state index in [4.69, 9.17) is 27.9 Å². The molecule has 0 aromatic heterocycles. The van der Waals surface area contributed by atoms with E-state index in [0.29, 0.717) is 27.8 Å². The maximum Gasteiger partial charge on any atom is 0.306 e. The lowest BCUT2D eigenvalue weighted by atomic mass is 10.2. The van der Waals surface area contributed by atoms with Gasteiger partial charge in [0, 0.05) is 33.7 Å². The van der Waals surface area contributed by atoms with Crippen molar-refractivity contribution in [1.82, 2.24) is 0 Å². The Bertz CT molecular complexity index is 966. The molecule has 0 heterocycles. The van der Waals surface area contributed by atoms with Crippen LogP contribution in [-0.2, 0) is 19.1 Å². The third-order valence-corrected chi connectivity index (χ3v) is 5.75. The Labute approximate surface area is 193 Å². The summed E-state index contributed by atoms with van der Waals surface area (Å²) in [5, 5.41) is 6.39. The van der Waals surface area contributed by atoms with Crippen LogP contribution in [-0.4, -0.2) is 24.4 Å². The number of aryl methyl sites for hydroxylation is 2. The number of benzene rings is 2. The SMILES string of the molecule is Cc1ccc(NC(=O)CCCC(=O)OCC(=O)Nc2cc(Cl)c(Br)cc2C)cc1Cl. The van der Waals surface area contributed by atoms with Gasteiger partial charge in [0.2, 0.25) is 5.91 Å². The van der Waals surface area contributed by atoms with Crippen molar-refractivity contribution in [1.29, 1.82) is 0 Å². The number of anilines is 2. The van der Waals surface area contributed by atoms with Crippen LogP contribution in [0.2, 0.25) is 10.0 Å². The Morgan fingerprint density at radius 1 is 0.933 bits per heavy atom. The number of esters is 1. The van der Waals surface area contributed by atoms with Gasteiger partial charge in [0.25, 0.3) is 5.91 Å². The first-order valence-corrected chi connectivity index (χ1v) is 10.7. The highest BCUT2D eigenvalue weighted by atomic mass is 79.9. The zero-order valence-electron chi connectivity index (χ0n) is 16.5. The van der Waals surface area contributed by atoms with Crippen molar-refractivity contribution in [3.63, 3.8) is 0 Å². The lowest BCUT2D eigenvalue weighted by Gasteiger charge is -2.10. The van der Waals surface area contributed by atoms with Crippen LogP contribution >= 0.6 is 39.1 Å². The predicted molar refractivity (Wildman–Crippen MR) is 122 cm³/mol. The minimum atomic E-state index is -0.554. The van der Waals surface area contributed by atoms with Gasteiger partial charge in [0.05, 0.1) is 5.02 Å². The molecule has 0 spiro atoms. The van der Waals surface area contributed by atoms with Gasteiger partial charge in [-0.15, -0.1) is 0 Å². The van der Waals surface area contributed by atoms with Gasteiger partial charge < -0.3 is 15.4 Å². The lowest BCUT2D eigenvalue weighted by Crippen LogP contribution is -2.21. The number of hydrogen-bond donors (Lipinski definition) is 2. The Hall–Kier alpha value is -2.09. The summed E-state index contributed by atoms with van der Waals surface area (Å²) in [6.45, 7) is 3.27. The van der Waals surface area contributed by atoms with Crippen molar-refractivity contribution in [2.45, 2.75) is 33.1 Å². The third-order valence-electron chi connectivity index (χ3n) is 4.15. The Kier molecular flexibility index (Phi) is 9.14. The van der Waals surface area contributed by atoms with Crippen molar-refractivity contribution in [3.8, 4) is 0 Å². The number of ether oxygens (including phenoxy) is 1. The molecule has 0 aliphatic carbocycles. The fourth-order valence-corrected chi connectivity index (χ4v) is 3.27. The number of hydrogen-bond acceptors (Lipinski definition) is 4. The molecule has 0 aliphatic rings. The highest BCUT2D eigenvalue weighted by molar-refractivity contribution is 9.10. The van der Waals surface area contributed by atoms with Gasteiger partial charge in [-0.1, -0.05) is 29.3 Å². The summed E-state index contributed by atoms with van der Waals surface area (Å²) >= 11 is 15.4. The number of carbonyl (C=O) groups excluding carboxylic acids is 3. The molecule has 0 bridgehead atoms. The average molecular weight is 516 g/mol. The van der Waals surface area contributed by atoms with Crippen molar-refractivity contribution >= 4 is 68.3 Å². The second-order valence-corrected chi connectivity index (χ2v) is 8.32. The van der Waals surface area contributed by atoms with Crippen LogP contribution in [0.5, 0.6) is 0 Å². The number of carbonyl (C=O) groups is 3. The quantitative estimate of drug-likeness (QED) is 0.444. The van der Waals surface area contributed by atoms with E-state index in [-0.39, 0.29) is 18.7 Å². The standard InChI is InChI=1S/C21H21BrCl2N2O4/c1-12-6-7-14(9-16(12)23)25-19(27)4-3-5-21(29)30-11-20(28)26-18-10-17(24)15(22)8-13(18)2/h6-10H,3-5,11H2,1-2H3,(H,25,27)(H,26,28). The second kappa shape index (κ2) is 11.3. The monoisotopic (exact) mass is 514 g/mol. The van der Waals surface area contributed by atoms with Gasteiger partial charge in [-0.2, -0.15) is 0 Å². The fraction of sp³-hybridized carbons (Fsp3) is 0.286. The van der Waals surface area contributed by atoms with Crippen LogP contribution in [0.15, 0.2) is 34.8 Å². The van der Waals surface area contributed by atoms with E-state index in [1.54, 1.807) is 24.3 Å². The van der Waals surface area contributed by atoms with E-state index in [9.17, 15) is 14.4 Å². The van der Waals surface area contributed by atoms with E-state index in [2.05, 4.69) is 26.6 Å². The molecule has 0 saturated heterocycles. The summed E-state index contributed by atoms with van der Waals surface area (Å²) < 4.78 is 5.68. The average Bonchev–Trinajstić information content (AvgIpc) is 2.67. The van der Waals surface area contributed by atoms with Gasteiger partial charge in [0.15, 0.2) is 6.61 Å². The van der Waals surface area contributed by atoms with E-state index >= 15 is 0 Å². The molecule has 2 aromatic carbocycles. The first-order chi connectivity index (χ1) is 14.2. The zero-order chi connectivity index (χ0) is 22.3. The molecule has 0 atom stereocenters. The zero-order valence-corrected chi connectivity index (χ0v) is 19.6. The smallest absolute Gasteiger partial charge is 0.306 e. The molecule has 0 saturated carbocycles. The van der Waals surface area contributed by atoms with Crippen molar-refractivity contribution in [3.05, 3.63) is 56.0 Å². The molecule has 0 radical (unpaired) electrons. The number of rotatable bonds is 8. The first-order valence-electron chi connectivity index (χ1n) is 9.13. The van der Waals surface area contributed by atoms with Crippen molar-refractivity contribution < 1.29 is 19.1 Å². The summed E-state index contributed by atoms with van der Waals surface area (Å²) in [6.07, 6.45) is 0.467. The van der Waals surface area contributed by atoms with E-state index in [1.165, 1.54) is 0 Å². The van der Waals surface area contributed by atoms with E-state index < -0.39 is 18.5 Å². The molecule has 30 heavy (non-hydrogen) atoms. The number of halogens is 3. The molecule has 9 heteroatoms. The highest BCUT2D eigenvalue weighted by Crippen LogP contribution is 2.29. The van der Waals surface area contributed by atoms with Gasteiger partial charge in [-0.3, -0.25) is 14.4 Å². The molecule has 0 aliphatic heterocycles. The van der Waals surface area contributed by atoms with Crippen molar-refractivity contribution in [2.75, 3.05) is 17.2 Å². The molecule has 160 valence electrons.